The number of aromatic nitrogens is 6. The maximum atomic E-state index is 13.7. The second kappa shape index (κ2) is 33.0. The molecule has 0 spiro atoms. The van der Waals surface area contributed by atoms with Crippen molar-refractivity contribution in [2.75, 3.05) is 74.5 Å². The van der Waals surface area contributed by atoms with Crippen molar-refractivity contribution in [2.24, 2.45) is 5.73 Å². The SMILES string of the molecule is CC(=O)c1nn(-c2ccc(CO)cc2)c2c1CCN(c1ccc(N3CCCCC3=O)cc1)C2=O.CCOC(=O)c1nn(-c2ccc(CO)cc2)c2c1CCN(c1ccc(NC(=O)CCCCBr)cc1)C2=O.NC(=O)c1nn(-c2ccc(CO)cc2)c2c1CCN(c1ccc(N3CCCCC3=O)cc1)C2=O. The van der Waals surface area contributed by atoms with Gasteiger partial charge in [-0.05, 0) is 191 Å². The van der Waals surface area contributed by atoms with Crippen LogP contribution in [0, 0.1) is 0 Å². The first-order valence-electron chi connectivity index (χ1n) is 35.1. The standard InChI is InChI=1S/C27H29BrN4O5.C26H26N4O4.C25H25N5O4/c1-2-37-27(36)24-22-14-16-31(20-12-8-19(9-13-20)29-23(34)5-3-4-15-28)26(35)25(22)32(30-24)21-10-6-18(17-33)7-11-21;1-17(32)24-22-13-15-29(20-11-9-19(10-12-20)28-14-3-2-4-23(28)33)26(34)25(22)30(27-24)21-7-5-18(16-31)6-8-21;26-24(33)22-20-12-14-29(18-10-8-17(9-11-18)28-13-2-1-3-21(28)32)25(34)23(20)30(27-22)19-6-4-16(15-31)5-7-19/h6-13,33H,2-5,14-17H2,1H3,(H,29,34);5-12,31H,2-4,13-16H2,1H3;4-11,31H,1-3,12-15H2,(H2,26,33). The Balaban J connectivity index is 0.000000148. The smallest absolute Gasteiger partial charge is 0.359 e. The number of Topliss-reactive ketones (excluding diaryl/α,β-unsaturated/α-hetero) is 1. The van der Waals surface area contributed by atoms with Crippen LogP contribution in [0.1, 0.15) is 168 Å². The van der Waals surface area contributed by atoms with Crippen LogP contribution in [0.4, 0.5) is 34.1 Å². The van der Waals surface area contributed by atoms with E-state index in [1.54, 1.807) is 128 Å². The number of alkyl halides is 1. The van der Waals surface area contributed by atoms with Gasteiger partial charge in [-0.2, -0.15) is 15.3 Å². The van der Waals surface area contributed by atoms with Crippen molar-refractivity contribution in [1.82, 2.24) is 29.3 Å². The number of piperidine rings is 2. The fourth-order valence-corrected chi connectivity index (χ4v) is 14.0. The van der Waals surface area contributed by atoms with Gasteiger partial charge in [0.25, 0.3) is 23.6 Å². The van der Waals surface area contributed by atoms with Crippen LogP contribution in [0.25, 0.3) is 17.1 Å². The Morgan fingerprint density at radius 3 is 1.14 bits per heavy atom. The van der Waals surface area contributed by atoms with Gasteiger partial charge in [-0.15, -0.1) is 0 Å². The minimum atomic E-state index is -0.682. The van der Waals surface area contributed by atoms with Crippen LogP contribution in [-0.2, 0) is 58.2 Å². The van der Waals surface area contributed by atoms with E-state index in [4.69, 9.17) is 10.5 Å². The van der Waals surface area contributed by atoms with E-state index in [1.165, 1.54) is 21.0 Å². The molecule has 26 nitrogen and oxygen atoms in total. The maximum Gasteiger partial charge on any atom is 0.359 e. The largest absolute Gasteiger partial charge is 0.461 e. The van der Waals surface area contributed by atoms with Gasteiger partial charge in [-0.25, -0.2) is 18.8 Å². The minimum absolute atomic E-state index is 0.0463. The molecule has 0 unspecified atom stereocenters. The highest BCUT2D eigenvalue weighted by molar-refractivity contribution is 9.09. The molecular weight excluding hydrogens is 1410 g/mol. The van der Waals surface area contributed by atoms with Crippen LogP contribution >= 0.6 is 15.9 Å². The molecule has 5 aliphatic rings. The van der Waals surface area contributed by atoms with E-state index in [9.17, 15) is 58.5 Å². The molecule has 0 aliphatic carbocycles. The summed E-state index contributed by atoms with van der Waals surface area (Å²) in [7, 11) is 0. The van der Waals surface area contributed by atoms with Crippen molar-refractivity contribution < 1.29 is 63.2 Å². The van der Waals surface area contributed by atoms with E-state index in [0.717, 1.165) is 77.6 Å². The fraction of sp³-hybridized carbons (Fsp3) is 0.308. The van der Waals surface area contributed by atoms with Gasteiger partial charge in [0.1, 0.15) is 22.8 Å². The van der Waals surface area contributed by atoms with Gasteiger partial charge in [-0.1, -0.05) is 52.3 Å². The number of carbonyl (C=O) groups is 9. The van der Waals surface area contributed by atoms with Gasteiger partial charge in [0.2, 0.25) is 17.7 Å². The molecule has 2 saturated heterocycles. The predicted octanol–water partition coefficient (Wildman–Crippen LogP) is 9.72. The zero-order chi connectivity index (χ0) is 74.0. The van der Waals surface area contributed by atoms with Crippen molar-refractivity contribution in [2.45, 2.75) is 111 Å². The first-order valence-corrected chi connectivity index (χ1v) is 36.2. The zero-order valence-electron chi connectivity index (χ0n) is 58.2. The molecule has 27 heteroatoms. The van der Waals surface area contributed by atoms with Gasteiger partial charge in [0.05, 0.1) is 43.5 Å². The number of unbranched alkanes of at least 4 members (excludes halogenated alkanes) is 1. The number of halogens is 1. The molecule has 0 saturated carbocycles. The Labute approximate surface area is 613 Å². The number of ketones is 1. The number of nitrogens with zero attached hydrogens (tertiary/aromatic N) is 11. The van der Waals surface area contributed by atoms with Crippen LogP contribution in [-0.4, -0.2) is 142 Å². The van der Waals surface area contributed by atoms with Gasteiger partial charge >= 0.3 is 5.97 Å². The predicted molar refractivity (Wildman–Crippen MR) is 397 cm³/mol. The van der Waals surface area contributed by atoms with E-state index in [0.29, 0.717) is 145 Å². The lowest BCUT2D eigenvalue weighted by molar-refractivity contribution is -0.120. The molecule has 542 valence electrons. The van der Waals surface area contributed by atoms with Crippen molar-refractivity contribution in [3.05, 3.63) is 213 Å². The summed E-state index contributed by atoms with van der Waals surface area (Å²) >= 11 is 3.36. The molecular formula is C78H80BrN13O13. The van der Waals surface area contributed by atoms with Crippen molar-refractivity contribution in [1.29, 1.82) is 0 Å². The third-order valence-electron chi connectivity index (χ3n) is 19.0. The van der Waals surface area contributed by atoms with E-state index in [-0.39, 0.29) is 79.0 Å². The van der Waals surface area contributed by atoms with Crippen LogP contribution < -0.4 is 35.6 Å². The normalized spacial score (nSPS) is 14.9. The number of primary amides is 1. The van der Waals surface area contributed by atoms with Gasteiger partial charge < -0.3 is 55.6 Å². The van der Waals surface area contributed by atoms with E-state index in [1.807, 2.05) is 48.5 Å². The summed E-state index contributed by atoms with van der Waals surface area (Å²) < 4.78 is 9.64. The number of hydrogen-bond acceptors (Lipinski definition) is 16. The quantitative estimate of drug-likeness (QED) is 0.0205. The van der Waals surface area contributed by atoms with E-state index >= 15 is 0 Å². The Hall–Kier alpha value is -11.3. The third-order valence-corrected chi connectivity index (χ3v) is 19.6. The number of aliphatic hydroxyl groups is 3. The molecule has 14 rings (SSSR count). The summed E-state index contributed by atoms with van der Waals surface area (Å²) in [6, 6.07) is 43.0. The molecule has 5 aliphatic heterocycles. The number of aliphatic hydroxyl groups excluding tert-OH is 3. The monoisotopic (exact) mass is 1490 g/mol. The average molecular weight is 1490 g/mol. The van der Waals surface area contributed by atoms with Gasteiger partial charge in [0.15, 0.2) is 17.2 Å². The van der Waals surface area contributed by atoms with Crippen molar-refractivity contribution in [3.63, 3.8) is 0 Å². The number of fused-ring (bicyclic) bond motifs is 3. The average Bonchev–Trinajstić information content (AvgIpc) is 1.59. The molecule has 0 radical (unpaired) electrons. The number of amides is 7. The van der Waals surface area contributed by atoms with E-state index < -0.39 is 11.9 Å². The highest BCUT2D eigenvalue weighted by atomic mass is 79.9. The van der Waals surface area contributed by atoms with E-state index in [2.05, 4.69) is 36.5 Å². The van der Waals surface area contributed by atoms with Crippen LogP contribution in [0.3, 0.4) is 0 Å². The molecule has 8 heterocycles. The summed E-state index contributed by atoms with van der Waals surface area (Å²) in [6.07, 6.45) is 8.50. The van der Waals surface area contributed by atoms with Crippen molar-refractivity contribution >= 4 is 103 Å². The number of anilines is 6. The number of rotatable bonds is 20. The Kier molecular flexibility index (Phi) is 23.1. The molecule has 0 bridgehead atoms. The molecule has 105 heavy (non-hydrogen) atoms. The third kappa shape index (κ3) is 15.8. The maximum absolute atomic E-state index is 13.7. The molecule has 0 atom stereocenters. The lowest BCUT2D eigenvalue weighted by Crippen LogP contribution is -2.39. The molecule has 7 amide bonds. The zero-order valence-corrected chi connectivity index (χ0v) is 59.8. The first kappa shape index (κ1) is 73.5. The highest BCUT2D eigenvalue weighted by Gasteiger charge is 2.39. The first-order chi connectivity index (χ1) is 50.9. The minimum Gasteiger partial charge on any atom is -0.461 e. The van der Waals surface area contributed by atoms with Gasteiger partial charge in [0, 0.05) is 115 Å². The summed E-state index contributed by atoms with van der Waals surface area (Å²) in [5, 5.41) is 45.1. The number of benzene rings is 6. The van der Waals surface area contributed by atoms with Gasteiger partial charge in [-0.3, -0.25) is 38.4 Å². The Morgan fingerprint density at radius 2 is 0.790 bits per heavy atom. The summed E-state index contributed by atoms with van der Waals surface area (Å²) in [4.78, 5) is 123. The number of hydrogen-bond donors (Lipinski definition) is 5. The number of nitrogens with one attached hydrogen (secondary N) is 1. The van der Waals surface area contributed by atoms with Crippen LogP contribution in [0.15, 0.2) is 146 Å². The molecule has 6 aromatic carbocycles. The number of carbonyl (C=O) groups excluding carboxylic acids is 9. The second-order valence-corrected chi connectivity index (χ2v) is 26.6. The van der Waals surface area contributed by atoms with Crippen LogP contribution in [0.2, 0.25) is 0 Å². The number of nitrogens with two attached hydrogens (primary N) is 1. The highest BCUT2D eigenvalue weighted by Crippen LogP contribution is 2.35. The molecule has 9 aromatic rings. The number of ether oxygens (including phenoxy) is 1. The molecule has 2 fully saturated rings. The van der Waals surface area contributed by atoms with Crippen molar-refractivity contribution in [3.8, 4) is 17.1 Å². The Morgan fingerprint density at radius 1 is 0.448 bits per heavy atom. The second-order valence-electron chi connectivity index (χ2n) is 25.8. The lowest BCUT2D eigenvalue weighted by Gasteiger charge is -2.29. The van der Waals surface area contributed by atoms with Crippen LogP contribution in [0.5, 0.6) is 0 Å². The Bertz CT molecular complexity index is 4550. The lowest BCUT2D eigenvalue weighted by atomic mass is 10.0. The molecule has 3 aromatic heterocycles. The fourth-order valence-electron chi connectivity index (χ4n) is 13.6. The molecule has 6 N–H and O–H groups in total. The summed E-state index contributed by atoms with van der Waals surface area (Å²) in [5.41, 5.74) is 17.3. The summed E-state index contributed by atoms with van der Waals surface area (Å²) in [6.45, 7) is 5.68. The topological polar surface area (TPSA) is 331 Å². The number of esters is 1. The summed E-state index contributed by atoms with van der Waals surface area (Å²) in [5.74, 6) is -2.03.